The molecule has 3 aliphatic rings. The van der Waals surface area contributed by atoms with Crippen molar-refractivity contribution in [1.29, 1.82) is 0 Å². The lowest BCUT2D eigenvalue weighted by Crippen LogP contribution is -2.55. The van der Waals surface area contributed by atoms with E-state index in [2.05, 4.69) is 26.8 Å². The van der Waals surface area contributed by atoms with Crippen molar-refractivity contribution in [2.24, 2.45) is 5.92 Å². The van der Waals surface area contributed by atoms with Gasteiger partial charge in [-0.15, -0.1) is 0 Å². The Labute approximate surface area is 237 Å². The van der Waals surface area contributed by atoms with Gasteiger partial charge in [0, 0.05) is 13.2 Å². The molecule has 40 heavy (non-hydrogen) atoms. The molecule has 0 unspecified atom stereocenters. The third-order valence-electron chi connectivity index (χ3n) is 7.90. The second kappa shape index (κ2) is 14.1. The average molecular weight is 561 g/mol. The first-order chi connectivity index (χ1) is 19.3. The maximum absolute atomic E-state index is 12.8. The van der Waals surface area contributed by atoms with Crippen LogP contribution in [0.25, 0.3) is 6.08 Å². The monoisotopic (exact) mass is 560 g/mol. The molecule has 9 nitrogen and oxygen atoms in total. The van der Waals surface area contributed by atoms with Gasteiger partial charge in [0.1, 0.15) is 35.8 Å². The Bertz CT molecular complexity index is 1010. The second-order valence-corrected chi connectivity index (χ2v) is 11.1. The van der Waals surface area contributed by atoms with E-state index >= 15 is 0 Å². The van der Waals surface area contributed by atoms with Gasteiger partial charge in [-0.05, 0) is 63.8 Å². The zero-order valence-corrected chi connectivity index (χ0v) is 24.1. The summed E-state index contributed by atoms with van der Waals surface area (Å²) in [4.78, 5) is 12.8. The van der Waals surface area contributed by atoms with Gasteiger partial charge in [0.2, 0.25) is 0 Å². The first-order valence-corrected chi connectivity index (χ1v) is 14.2. The van der Waals surface area contributed by atoms with Crippen molar-refractivity contribution in [2.45, 2.75) is 69.5 Å². The third kappa shape index (κ3) is 7.93. The van der Waals surface area contributed by atoms with E-state index in [-0.39, 0.29) is 42.0 Å². The summed E-state index contributed by atoms with van der Waals surface area (Å²) in [5, 5.41) is 8.66. The molecule has 1 saturated carbocycles. The number of aliphatic hydroxyl groups is 1. The van der Waals surface area contributed by atoms with Gasteiger partial charge in [-0.3, -0.25) is 0 Å². The number of ether oxygens (including phenoxy) is 7. The van der Waals surface area contributed by atoms with Crippen LogP contribution in [0.1, 0.15) is 45.6 Å². The van der Waals surface area contributed by atoms with E-state index in [1.807, 2.05) is 24.3 Å². The van der Waals surface area contributed by atoms with Crippen LogP contribution in [0.2, 0.25) is 0 Å². The molecular weight excluding hydrogens is 516 g/mol. The van der Waals surface area contributed by atoms with Crippen molar-refractivity contribution < 1.29 is 43.1 Å². The quantitative estimate of drug-likeness (QED) is 0.106. The number of rotatable bonds is 16. The molecule has 2 heterocycles. The highest BCUT2D eigenvalue weighted by molar-refractivity contribution is 5.87. The number of carbonyl (C=O) groups is 1. The van der Waals surface area contributed by atoms with Crippen LogP contribution in [0.15, 0.2) is 42.0 Å². The molecule has 1 N–H and O–H groups in total. The fraction of sp³-hybridized carbons (Fsp3) is 0.645. The lowest BCUT2D eigenvalue weighted by molar-refractivity contribution is -0.166. The molecular formula is C31H44O9. The van der Waals surface area contributed by atoms with Crippen LogP contribution in [0, 0.1) is 5.92 Å². The first kappa shape index (κ1) is 30.7. The highest BCUT2D eigenvalue weighted by Gasteiger charge is 2.72. The van der Waals surface area contributed by atoms with E-state index in [0.29, 0.717) is 51.8 Å². The predicted molar refractivity (Wildman–Crippen MR) is 149 cm³/mol. The van der Waals surface area contributed by atoms with E-state index in [0.717, 1.165) is 18.4 Å². The molecule has 4 rings (SSSR count). The summed E-state index contributed by atoms with van der Waals surface area (Å²) in [5.74, 6) is 0.307. The van der Waals surface area contributed by atoms with Crippen LogP contribution >= 0.6 is 0 Å². The van der Waals surface area contributed by atoms with Crippen molar-refractivity contribution in [3.63, 3.8) is 0 Å². The molecule has 0 amide bonds. The number of hydrogen-bond donors (Lipinski definition) is 1. The molecule has 1 aromatic rings. The number of esters is 1. The summed E-state index contributed by atoms with van der Waals surface area (Å²) in [6, 6.07) is 7.45. The topological polar surface area (TPSA) is 109 Å². The minimum absolute atomic E-state index is 0.00590. The second-order valence-electron chi connectivity index (χ2n) is 11.1. The summed E-state index contributed by atoms with van der Waals surface area (Å²) in [6.07, 6.45) is 7.19. The van der Waals surface area contributed by atoms with Gasteiger partial charge in [0.05, 0.1) is 51.7 Å². The van der Waals surface area contributed by atoms with Crippen LogP contribution in [0.5, 0.6) is 5.75 Å². The third-order valence-corrected chi connectivity index (χ3v) is 7.90. The first-order valence-electron chi connectivity index (χ1n) is 14.2. The van der Waals surface area contributed by atoms with Gasteiger partial charge < -0.3 is 38.3 Å². The SMILES string of the molecule is CO[C@@H]1[C@H](OC(=O)C=Cc2ccc(OCCOCCOCCO)cc2)CC[C@]2(CO2)[C@H]1[C@@]1(C)O[C@@H]1CC=C(C)C. The summed E-state index contributed by atoms with van der Waals surface area (Å²) in [6.45, 7) is 9.08. The van der Waals surface area contributed by atoms with Crippen molar-refractivity contribution in [3.05, 3.63) is 47.6 Å². The Hall–Kier alpha value is -2.27. The molecule has 2 saturated heterocycles. The molecule has 0 radical (unpaired) electrons. The lowest BCUT2D eigenvalue weighted by Gasteiger charge is -2.42. The Kier molecular flexibility index (Phi) is 10.8. The Balaban J connectivity index is 1.25. The van der Waals surface area contributed by atoms with Crippen LogP contribution in [0.4, 0.5) is 0 Å². The van der Waals surface area contributed by atoms with Crippen molar-refractivity contribution in [2.75, 3.05) is 53.4 Å². The van der Waals surface area contributed by atoms with Gasteiger partial charge in [-0.1, -0.05) is 23.8 Å². The number of carbonyl (C=O) groups excluding carboxylic acids is 1. The molecule has 9 heteroatoms. The number of methoxy groups -OCH3 is 1. The summed E-state index contributed by atoms with van der Waals surface area (Å²) in [7, 11) is 1.68. The largest absolute Gasteiger partial charge is 0.491 e. The summed E-state index contributed by atoms with van der Waals surface area (Å²) in [5.41, 5.74) is 1.51. The zero-order valence-electron chi connectivity index (χ0n) is 24.1. The fourth-order valence-corrected chi connectivity index (χ4v) is 5.70. The molecule has 1 aliphatic carbocycles. The maximum Gasteiger partial charge on any atom is 0.331 e. The standard InChI is InChI=1S/C31H44O9/c1-22(2)5-11-26-30(3,40-26)29-28(34-4)25(13-14-31(29)21-38-31)39-27(33)12-8-23-6-9-24(10-7-23)37-20-19-36-18-17-35-16-15-32/h5-10,12,25-26,28-29,32H,11,13-21H2,1-4H3/t25-,26-,28-,29-,30+,31+/m1/s1. The average Bonchev–Trinajstić information content (AvgIpc) is 3.86. The molecule has 222 valence electrons. The molecule has 2 aliphatic heterocycles. The number of aliphatic hydroxyl groups excluding tert-OH is 1. The highest BCUT2D eigenvalue weighted by Crippen LogP contribution is 2.59. The van der Waals surface area contributed by atoms with Gasteiger partial charge in [-0.2, -0.15) is 0 Å². The zero-order chi connectivity index (χ0) is 28.6. The minimum Gasteiger partial charge on any atom is -0.491 e. The van der Waals surface area contributed by atoms with Crippen LogP contribution < -0.4 is 4.74 Å². The Morgan fingerprint density at radius 3 is 2.45 bits per heavy atom. The highest BCUT2D eigenvalue weighted by atomic mass is 16.6. The molecule has 1 aromatic carbocycles. The van der Waals surface area contributed by atoms with Gasteiger partial charge in [0.25, 0.3) is 0 Å². The van der Waals surface area contributed by atoms with E-state index in [4.69, 9.17) is 38.3 Å². The van der Waals surface area contributed by atoms with Crippen molar-refractivity contribution >= 4 is 12.0 Å². The molecule has 0 bridgehead atoms. The van der Waals surface area contributed by atoms with Crippen LogP contribution in [-0.4, -0.2) is 93.9 Å². The lowest BCUT2D eigenvalue weighted by atomic mass is 9.68. The summed E-state index contributed by atoms with van der Waals surface area (Å²) < 4.78 is 40.3. The molecule has 3 fully saturated rings. The van der Waals surface area contributed by atoms with E-state index in [1.165, 1.54) is 11.6 Å². The number of epoxide rings is 2. The Morgan fingerprint density at radius 1 is 1.10 bits per heavy atom. The van der Waals surface area contributed by atoms with Crippen LogP contribution in [-0.2, 0) is 33.2 Å². The fourth-order valence-electron chi connectivity index (χ4n) is 5.70. The normalized spacial score (nSPS) is 30.8. The smallest absolute Gasteiger partial charge is 0.331 e. The number of hydrogen-bond acceptors (Lipinski definition) is 9. The van der Waals surface area contributed by atoms with E-state index in [1.54, 1.807) is 13.2 Å². The maximum atomic E-state index is 12.8. The van der Waals surface area contributed by atoms with Crippen molar-refractivity contribution in [1.82, 2.24) is 0 Å². The molecule has 0 aromatic heterocycles. The van der Waals surface area contributed by atoms with Gasteiger partial charge in [0.15, 0.2) is 0 Å². The van der Waals surface area contributed by atoms with E-state index in [9.17, 15) is 4.79 Å². The van der Waals surface area contributed by atoms with Gasteiger partial charge in [-0.25, -0.2) is 4.79 Å². The van der Waals surface area contributed by atoms with E-state index < -0.39 is 5.97 Å². The molecule has 6 atom stereocenters. The number of benzene rings is 1. The number of allylic oxidation sites excluding steroid dienone is 1. The minimum atomic E-state index is -0.401. The molecule has 1 spiro atoms. The Morgan fingerprint density at radius 2 is 1.80 bits per heavy atom. The van der Waals surface area contributed by atoms with Gasteiger partial charge >= 0.3 is 5.97 Å². The predicted octanol–water partition coefficient (Wildman–Crippen LogP) is 3.72. The van der Waals surface area contributed by atoms with Crippen molar-refractivity contribution in [3.8, 4) is 5.75 Å². The van der Waals surface area contributed by atoms with Crippen LogP contribution in [0.3, 0.4) is 0 Å². The summed E-state index contributed by atoms with van der Waals surface area (Å²) >= 11 is 0.